The molecule has 0 heterocycles. The molecule has 5 aromatic rings. The molecule has 0 unspecified atom stereocenters. The maximum Gasteiger partial charge on any atom is 0.252 e. The minimum Gasteiger partial charge on any atom is -0.272 e. The van der Waals surface area contributed by atoms with Gasteiger partial charge in [-0.2, -0.15) is 5.10 Å². The van der Waals surface area contributed by atoms with Crippen LogP contribution in [0.25, 0.3) is 21.5 Å². The molecule has 0 aliphatic heterocycles. The van der Waals surface area contributed by atoms with Crippen LogP contribution in [0.15, 0.2) is 120 Å². The number of benzene rings is 5. The van der Waals surface area contributed by atoms with E-state index in [1.165, 1.54) is 0 Å². The van der Waals surface area contributed by atoms with Gasteiger partial charge in [-0.05, 0) is 38.7 Å². The second kappa shape index (κ2) is 8.86. The van der Waals surface area contributed by atoms with E-state index in [4.69, 9.17) is 0 Å². The Bertz CT molecular complexity index is 1320. The number of hydrazone groups is 1. The molecule has 0 fully saturated rings. The second-order valence-corrected chi connectivity index (χ2v) is 7.72. The lowest BCUT2D eigenvalue weighted by Gasteiger charge is -2.16. The Kier molecular flexibility index (Phi) is 5.46. The largest absolute Gasteiger partial charge is 0.272 e. The van der Waals surface area contributed by atoms with Crippen molar-refractivity contribution in [1.82, 2.24) is 5.43 Å². The predicted molar refractivity (Wildman–Crippen MR) is 132 cm³/mol. The van der Waals surface area contributed by atoms with Crippen molar-refractivity contribution in [2.45, 2.75) is 5.92 Å². The lowest BCUT2D eigenvalue weighted by atomic mass is 9.91. The van der Waals surface area contributed by atoms with Crippen LogP contribution < -0.4 is 5.43 Å². The van der Waals surface area contributed by atoms with Crippen LogP contribution >= 0.6 is 0 Å². The number of fused-ring (bicyclic) bond motifs is 2. The summed E-state index contributed by atoms with van der Waals surface area (Å²) < 4.78 is 0. The van der Waals surface area contributed by atoms with Gasteiger partial charge in [0.1, 0.15) is 0 Å². The van der Waals surface area contributed by atoms with E-state index in [2.05, 4.69) is 40.9 Å². The molecule has 1 N–H and O–H groups in total. The highest BCUT2D eigenvalue weighted by Crippen LogP contribution is 2.28. The van der Waals surface area contributed by atoms with Gasteiger partial charge in [-0.3, -0.25) is 4.79 Å². The van der Waals surface area contributed by atoms with Gasteiger partial charge in [0.2, 0.25) is 0 Å². The van der Waals surface area contributed by atoms with Gasteiger partial charge >= 0.3 is 0 Å². The normalized spacial score (nSPS) is 11.4. The van der Waals surface area contributed by atoms with E-state index in [0.717, 1.165) is 38.2 Å². The number of nitrogens with one attached hydrogen (secondary N) is 1. The van der Waals surface area contributed by atoms with Crippen LogP contribution in [0, 0.1) is 0 Å². The van der Waals surface area contributed by atoms with Crippen molar-refractivity contribution in [3.8, 4) is 0 Å². The molecule has 0 radical (unpaired) electrons. The summed E-state index contributed by atoms with van der Waals surface area (Å²) in [6.45, 7) is 0. The fraction of sp³-hybridized carbons (Fsp3) is 0.0345. The van der Waals surface area contributed by atoms with Gasteiger partial charge in [0.15, 0.2) is 0 Å². The number of nitrogens with zero attached hydrogens (tertiary/aromatic N) is 1. The lowest BCUT2D eigenvalue weighted by molar-refractivity contribution is -0.121. The van der Waals surface area contributed by atoms with Gasteiger partial charge in [0.05, 0.1) is 12.1 Å². The van der Waals surface area contributed by atoms with Gasteiger partial charge < -0.3 is 0 Å². The third-order valence-corrected chi connectivity index (χ3v) is 5.71. The summed E-state index contributed by atoms with van der Waals surface area (Å²) in [5, 5.41) is 8.88. The van der Waals surface area contributed by atoms with Gasteiger partial charge in [-0.25, -0.2) is 5.43 Å². The van der Waals surface area contributed by atoms with Crippen LogP contribution in [0.4, 0.5) is 0 Å². The molecule has 0 aliphatic rings. The van der Waals surface area contributed by atoms with Crippen LogP contribution in [-0.4, -0.2) is 12.1 Å². The number of rotatable bonds is 5. The Morgan fingerprint density at radius 2 is 1.12 bits per heavy atom. The number of hydrogen-bond donors (Lipinski definition) is 1. The first-order chi connectivity index (χ1) is 15.8. The SMILES string of the molecule is O=C(N/N=C\c1c2ccccc2cc2ccccc12)C(c1ccccc1)c1ccccc1. The minimum atomic E-state index is -0.432. The first-order valence-electron chi connectivity index (χ1n) is 10.6. The number of carbonyl (C=O) groups excluding carboxylic acids is 1. The fourth-order valence-corrected chi connectivity index (χ4v) is 4.20. The molecule has 1 amide bonds. The van der Waals surface area contributed by atoms with Gasteiger partial charge in [-0.15, -0.1) is 0 Å². The summed E-state index contributed by atoms with van der Waals surface area (Å²) in [7, 11) is 0. The van der Waals surface area contributed by atoms with Crippen molar-refractivity contribution in [3.63, 3.8) is 0 Å². The highest BCUT2D eigenvalue weighted by molar-refractivity contribution is 6.13. The molecule has 32 heavy (non-hydrogen) atoms. The van der Waals surface area contributed by atoms with Crippen molar-refractivity contribution in [2.75, 3.05) is 0 Å². The Morgan fingerprint density at radius 1 is 0.656 bits per heavy atom. The Hall–Kier alpha value is -4.24. The maximum atomic E-state index is 13.2. The Morgan fingerprint density at radius 3 is 1.66 bits per heavy atom. The maximum absolute atomic E-state index is 13.2. The average Bonchev–Trinajstić information content (AvgIpc) is 2.85. The zero-order valence-electron chi connectivity index (χ0n) is 17.5. The zero-order valence-corrected chi connectivity index (χ0v) is 17.5. The number of carbonyl (C=O) groups is 1. The summed E-state index contributed by atoms with van der Waals surface area (Å²) in [5.74, 6) is -0.595. The average molecular weight is 415 g/mol. The summed E-state index contributed by atoms with van der Waals surface area (Å²) in [6.07, 6.45) is 1.76. The molecule has 3 heteroatoms. The molecule has 0 atom stereocenters. The molecule has 0 bridgehead atoms. The molecular formula is C29H22N2O. The van der Waals surface area contributed by atoms with Crippen LogP contribution in [0.5, 0.6) is 0 Å². The van der Waals surface area contributed by atoms with E-state index in [9.17, 15) is 4.79 Å². The first kappa shape index (κ1) is 19.7. The molecule has 154 valence electrons. The minimum absolute atomic E-state index is 0.164. The Balaban J connectivity index is 1.50. The van der Waals surface area contributed by atoms with Crippen LogP contribution in [-0.2, 0) is 4.79 Å². The van der Waals surface area contributed by atoms with E-state index in [1.54, 1.807) is 6.21 Å². The van der Waals surface area contributed by atoms with E-state index in [0.29, 0.717) is 0 Å². The Labute approximate surface area is 187 Å². The topological polar surface area (TPSA) is 41.5 Å². The second-order valence-electron chi connectivity index (χ2n) is 7.72. The predicted octanol–water partition coefficient (Wildman–Crippen LogP) is 6.28. The van der Waals surface area contributed by atoms with Crippen molar-refractivity contribution < 1.29 is 4.79 Å². The quantitative estimate of drug-likeness (QED) is 0.205. The molecule has 0 aliphatic carbocycles. The molecule has 5 aromatic carbocycles. The molecule has 3 nitrogen and oxygen atoms in total. The van der Waals surface area contributed by atoms with Crippen molar-refractivity contribution in [1.29, 1.82) is 0 Å². The standard InChI is InChI=1S/C29H22N2O/c32-29(28(21-11-3-1-4-12-21)22-13-5-2-6-14-22)31-30-20-27-25-17-9-7-15-23(25)19-24-16-8-10-18-26(24)27/h1-20,28H,(H,31,32)/b30-20-. The van der Waals surface area contributed by atoms with E-state index < -0.39 is 5.92 Å². The fourth-order valence-electron chi connectivity index (χ4n) is 4.20. The lowest BCUT2D eigenvalue weighted by Crippen LogP contribution is -2.26. The van der Waals surface area contributed by atoms with Crippen LogP contribution in [0.3, 0.4) is 0 Å². The van der Waals surface area contributed by atoms with Crippen LogP contribution in [0.2, 0.25) is 0 Å². The molecule has 0 aromatic heterocycles. The molecular weight excluding hydrogens is 392 g/mol. The van der Waals surface area contributed by atoms with E-state index in [1.807, 2.05) is 84.9 Å². The van der Waals surface area contributed by atoms with E-state index >= 15 is 0 Å². The van der Waals surface area contributed by atoms with Gasteiger partial charge in [0.25, 0.3) is 5.91 Å². The van der Waals surface area contributed by atoms with Gasteiger partial charge in [0, 0.05) is 5.56 Å². The first-order valence-corrected chi connectivity index (χ1v) is 10.6. The number of hydrogen-bond acceptors (Lipinski definition) is 2. The highest BCUT2D eigenvalue weighted by Gasteiger charge is 2.22. The molecule has 0 saturated heterocycles. The summed E-state index contributed by atoms with van der Waals surface area (Å²) in [5.41, 5.74) is 5.65. The molecule has 0 spiro atoms. The van der Waals surface area contributed by atoms with Gasteiger partial charge in [-0.1, -0.05) is 109 Å². The van der Waals surface area contributed by atoms with Crippen molar-refractivity contribution >= 4 is 33.7 Å². The monoisotopic (exact) mass is 414 g/mol. The van der Waals surface area contributed by atoms with E-state index in [-0.39, 0.29) is 5.91 Å². The smallest absolute Gasteiger partial charge is 0.252 e. The van der Waals surface area contributed by atoms with Crippen molar-refractivity contribution in [3.05, 3.63) is 132 Å². The number of amides is 1. The summed E-state index contributed by atoms with van der Waals surface area (Å²) in [4.78, 5) is 13.2. The highest BCUT2D eigenvalue weighted by atomic mass is 16.2. The van der Waals surface area contributed by atoms with Crippen LogP contribution in [0.1, 0.15) is 22.6 Å². The molecule has 0 saturated carbocycles. The summed E-state index contributed by atoms with van der Waals surface area (Å²) >= 11 is 0. The third kappa shape index (κ3) is 3.88. The van der Waals surface area contributed by atoms with Crippen molar-refractivity contribution in [2.24, 2.45) is 5.10 Å². The molecule has 5 rings (SSSR count). The zero-order chi connectivity index (χ0) is 21.8. The third-order valence-electron chi connectivity index (χ3n) is 5.71. The summed E-state index contributed by atoms with van der Waals surface area (Å²) in [6, 6.07) is 38.2.